The van der Waals surface area contributed by atoms with Gasteiger partial charge in [-0.2, -0.15) is 4.98 Å². The van der Waals surface area contributed by atoms with Gasteiger partial charge in [-0.1, -0.05) is 0 Å². The summed E-state index contributed by atoms with van der Waals surface area (Å²) in [5, 5.41) is 7.83. The van der Waals surface area contributed by atoms with E-state index in [4.69, 9.17) is 4.42 Å². The number of nitrogens with one attached hydrogen (secondary N) is 2. The van der Waals surface area contributed by atoms with Gasteiger partial charge in [0.1, 0.15) is 22.9 Å². The number of hydrogen-bond donors (Lipinski definition) is 2. The van der Waals surface area contributed by atoms with Crippen LogP contribution >= 0.6 is 11.3 Å². The van der Waals surface area contributed by atoms with Crippen LogP contribution in [0.3, 0.4) is 0 Å². The van der Waals surface area contributed by atoms with Gasteiger partial charge < -0.3 is 15.1 Å². The Morgan fingerprint density at radius 3 is 2.84 bits per heavy atom. The van der Waals surface area contributed by atoms with E-state index in [9.17, 15) is 4.79 Å². The first-order chi connectivity index (χ1) is 11.9. The summed E-state index contributed by atoms with van der Waals surface area (Å²) < 4.78 is 5.52. The number of nitrogens with zero attached hydrogens (tertiary/aromatic N) is 3. The topological polar surface area (TPSA) is 92.9 Å². The smallest absolute Gasteiger partial charge is 0.255 e. The van der Waals surface area contributed by atoms with Crippen LogP contribution in [-0.4, -0.2) is 26.4 Å². The average molecular weight is 357 g/mol. The van der Waals surface area contributed by atoms with E-state index in [-0.39, 0.29) is 11.4 Å². The predicted octanol–water partition coefficient (Wildman–Crippen LogP) is 3.19. The van der Waals surface area contributed by atoms with Gasteiger partial charge in [0.05, 0.1) is 17.5 Å². The van der Waals surface area contributed by atoms with E-state index in [2.05, 4.69) is 32.5 Å². The highest BCUT2D eigenvalue weighted by Gasteiger charge is 2.38. The van der Waals surface area contributed by atoms with E-state index in [0.29, 0.717) is 34.9 Å². The zero-order valence-electron chi connectivity index (χ0n) is 14.3. The average Bonchev–Trinajstić information content (AvgIpc) is 2.97. The number of carbonyl (C=O) groups excluding carboxylic acids is 1. The zero-order chi connectivity index (χ0) is 17.6. The fraction of sp³-hybridized carbons (Fsp3) is 0.412. The Kier molecular flexibility index (Phi) is 3.72. The maximum Gasteiger partial charge on any atom is 0.255 e. The molecule has 25 heavy (non-hydrogen) atoms. The molecule has 3 aromatic heterocycles. The maximum absolute atomic E-state index is 12.6. The number of carbonyl (C=O) groups is 1. The van der Waals surface area contributed by atoms with E-state index in [0.717, 1.165) is 22.7 Å². The Hall–Kier alpha value is -2.48. The molecule has 1 amide bonds. The summed E-state index contributed by atoms with van der Waals surface area (Å²) in [6, 6.07) is 0. The van der Waals surface area contributed by atoms with Gasteiger partial charge in [-0.15, -0.1) is 11.3 Å². The molecule has 3 aromatic rings. The van der Waals surface area contributed by atoms with E-state index in [1.807, 2.05) is 13.8 Å². The summed E-state index contributed by atoms with van der Waals surface area (Å²) in [4.78, 5) is 26.8. The number of aromatic nitrogens is 3. The number of furan rings is 1. The summed E-state index contributed by atoms with van der Waals surface area (Å²) in [7, 11) is 0. The van der Waals surface area contributed by atoms with E-state index < -0.39 is 0 Å². The second-order valence-electron chi connectivity index (χ2n) is 6.68. The van der Waals surface area contributed by atoms with Gasteiger partial charge in [0.2, 0.25) is 5.71 Å². The third kappa shape index (κ3) is 3.21. The monoisotopic (exact) mass is 357 g/mol. The Morgan fingerprint density at radius 1 is 1.36 bits per heavy atom. The number of aryl methyl sites for hydroxylation is 2. The standard InChI is InChI=1S/C17H19N5O2S/c1-9-6-18-12(25-9)7-19-15(23)11-8-24-16-13(11)14(20-10(2)21-16)22-17(3)4-5-17/h6,8H,4-5,7H2,1-3H3,(H,19,23)(H,20,21,22). The summed E-state index contributed by atoms with van der Waals surface area (Å²) >= 11 is 1.57. The number of fused-ring (bicyclic) bond motifs is 1. The number of thiazole rings is 1. The van der Waals surface area contributed by atoms with Gasteiger partial charge in [-0.25, -0.2) is 9.97 Å². The molecular formula is C17H19N5O2S. The molecule has 1 fully saturated rings. The quantitative estimate of drug-likeness (QED) is 0.728. The van der Waals surface area contributed by atoms with Crippen LogP contribution in [0.5, 0.6) is 0 Å². The van der Waals surface area contributed by atoms with Crippen LogP contribution in [0.2, 0.25) is 0 Å². The molecule has 1 aliphatic carbocycles. The molecule has 0 radical (unpaired) electrons. The molecule has 8 heteroatoms. The third-order valence-corrected chi connectivity index (χ3v) is 5.19. The van der Waals surface area contributed by atoms with Gasteiger partial charge in [0.15, 0.2) is 0 Å². The molecule has 0 aliphatic heterocycles. The predicted molar refractivity (Wildman–Crippen MR) is 95.8 cm³/mol. The van der Waals surface area contributed by atoms with Crippen molar-refractivity contribution in [2.75, 3.05) is 5.32 Å². The van der Waals surface area contributed by atoms with Crippen molar-refractivity contribution in [1.29, 1.82) is 0 Å². The molecule has 3 heterocycles. The SMILES string of the molecule is Cc1nc(NC2(C)CC2)c2c(C(=O)NCc3ncc(C)s3)coc2n1. The highest BCUT2D eigenvalue weighted by Crippen LogP contribution is 2.39. The minimum Gasteiger partial charge on any atom is -0.445 e. The molecule has 1 aliphatic rings. The highest BCUT2D eigenvalue weighted by molar-refractivity contribution is 7.11. The molecule has 0 aromatic carbocycles. The lowest BCUT2D eigenvalue weighted by Gasteiger charge is -2.13. The van der Waals surface area contributed by atoms with Gasteiger partial charge >= 0.3 is 0 Å². The molecule has 4 rings (SSSR count). The number of amides is 1. The minimum atomic E-state index is -0.219. The van der Waals surface area contributed by atoms with Gasteiger partial charge in [0.25, 0.3) is 5.91 Å². The molecule has 130 valence electrons. The Balaban J connectivity index is 1.63. The van der Waals surface area contributed by atoms with Crippen LogP contribution in [0.4, 0.5) is 5.82 Å². The number of hydrogen-bond acceptors (Lipinski definition) is 7. The maximum atomic E-state index is 12.6. The lowest BCUT2D eigenvalue weighted by atomic mass is 10.2. The number of rotatable bonds is 5. The van der Waals surface area contributed by atoms with Gasteiger partial charge in [0, 0.05) is 16.6 Å². The lowest BCUT2D eigenvalue weighted by molar-refractivity contribution is 0.0951. The minimum absolute atomic E-state index is 0.0388. The second kappa shape index (κ2) is 5.80. The number of anilines is 1. The van der Waals surface area contributed by atoms with Crippen molar-refractivity contribution in [3.8, 4) is 0 Å². The van der Waals surface area contributed by atoms with Crippen molar-refractivity contribution in [3.05, 3.63) is 33.7 Å². The first kappa shape index (κ1) is 16.0. The normalized spacial score (nSPS) is 15.3. The summed E-state index contributed by atoms with van der Waals surface area (Å²) in [6.07, 6.45) is 5.41. The molecule has 0 spiro atoms. The largest absolute Gasteiger partial charge is 0.445 e. The molecule has 2 N–H and O–H groups in total. The van der Waals surface area contributed by atoms with Crippen LogP contribution < -0.4 is 10.6 Å². The van der Waals surface area contributed by atoms with Crippen molar-refractivity contribution < 1.29 is 9.21 Å². The summed E-state index contributed by atoms with van der Waals surface area (Å²) in [6.45, 7) is 6.33. The van der Waals surface area contributed by atoms with Crippen molar-refractivity contribution in [3.63, 3.8) is 0 Å². The second-order valence-corrected chi connectivity index (χ2v) is 8.00. The Labute approximate surface area is 148 Å². The molecule has 0 atom stereocenters. The first-order valence-electron chi connectivity index (χ1n) is 8.17. The molecule has 1 saturated carbocycles. The molecule has 0 unspecified atom stereocenters. The Morgan fingerprint density at radius 2 is 2.16 bits per heavy atom. The molecular weight excluding hydrogens is 338 g/mol. The van der Waals surface area contributed by atoms with Crippen LogP contribution in [-0.2, 0) is 6.54 Å². The highest BCUT2D eigenvalue weighted by atomic mass is 32.1. The van der Waals surface area contributed by atoms with Gasteiger partial charge in [-0.05, 0) is 33.6 Å². The van der Waals surface area contributed by atoms with Crippen molar-refractivity contribution in [2.24, 2.45) is 0 Å². The van der Waals surface area contributed by atoms with Crippen LogP contribution in [0.15, 0.2) is 16.9 Å². The van der Waals surface area contributed by atoms with Crippen molar-refractivity contribution >= 4 is 34.2 Å². The summed E-state index contributed by atoms with van der Waals surface area (Å²) in [5.74, 6) is 1.05. The van der Waals surface area contributed by atoms with E-state index >= 15 is 0 Å². The summed E-state index contributed by atoms with van der Waals surface area (Å²) in [5.41, 5.74) is 0.904. The molecule has 0 saturated heterocycles. The molecule has 7 nitrogen and oxygen atoms in total. The van der Waals surface area contributed by atoms with E-state index in [1.165, 1.54) is 6.26 Å². The van der Waals surface area contributed by atoms with E-state index in [1.54, 1.807) is 17.5 Å². The van der Waals surface area contributed by atoms with Crippen LogP contribution in [0.25, 0.3) is 11.1 Å². The molecule has 0 bridgehead atoms. The van der Waals surface area contributed by atoms with Crippen molar-refractivity contribution in [1.82, 2.24) is 20.3 Å². The Bertz CT molecular complexity index is 957. The first-order valence-corrected chi connectivity index (χ1v) is 8.99. The van der Waals surface area contributed by atoms with Crippen LogP contribution in [0, 0.1) is 13.8 Å². The third-order valence-electron chi connectivity index (χ3n) is 4.28. The van der Waals surface area contributed by atoms with Crippen LogP contribution in [0.1, 0.15) is 45.8 Å². The fourth-order valence-corrected chi connectivity index (χ4v) is 3.37. The fourth-order valence-electron chi connectivity index (χ4n) is 2.64. The van der Waals surface area contributed by atoms with Gasteiger partial charge in [-0.3, -0.25) is 4.79 Å². The van der Waals surface area contributed by atoms with Crippen molar-refractivity contribution in [2.45, 2.75) is 45.7 Å². The lowest BCUT2D eigenvalue weighted by Crippen LogP contribution is -2.23. The zero-order valence-corrected chi connectivity index (χ0v) is 15.2.